The number of rotatable bonds is 27. The molecule has 4 nitrogen and oxygen atoms in total. The van der Waals surface area contributed by atoms with Crippen LogP contribution in [0.15, 0.2) is 31.8 Å². The molecule has 4 heterocycles. The Morgan fingerprint density at radius 3 is 1.17 bits per heavy atom. The lowest BCUT2D eigenvalue weighted by Gasteiger charge is -2.07. The van der Waals surface area contributed by atoms with E-state index in [0.717, 1.165) is 64.2 Å². The number of carbonyl (C=O) groups is 2. The fourth-order valence-corrected chi connectivity index (χ4v) is 13.2. The lowest BCUT2D eigenvalue weighted by molar-refractivity contribution is -0.144. The standard InChI is InChI=1S/C44H60Br2O4S4/c1-5-9-11-15-23-33-29-37(45)53-41(33)35-27-31(21-17-13-19-25-39(47)49-7-3)43(51-35)44-32(22-18-14-20-26-40(48)50-8-4)28-36(52-44)42-34(30-38(46)54-42)24-16-12-10-6-2/h27-30H,5-26H2,1-4H3. The summed E-state index contributed by atoms with van der Waals surface area (Å²) >= 11 is 15.4. The topological polar surface area (TPSA) is 52.6 Å². The van der Waals surface area contributed by atoms with Crippen molar-refractivity contribution in [3.63, 3.8) is 0 Å². The first-order chi connectivity index (χ1) is 26.3. The van der Waals surface area contributed by atoms with Crippen molar-refractivity contribution < 1.29 is 19.1 Å². The van der Waals surface area contributed by atoms with Gasteiger partial charge in [0, 0.05) is 42.1 Å². The van der Waals surface area contributed by atoms with Gasteiger partial charge in [-0.1, -0.05) is 65.2 Å². The lowest BCUT2D eigenvalue weighted by Crippen LogP contribution is -2.03. The van der Waals surface area contributed by atoms with Gasteiger partial charge in [-0.05, 0) is 156 Å². The van der Waals surface area contributed by atoms with E-state index in [4.69, 9.17) is 9.47 Å². The van der Waals surface area contributed by atoms with Crippen LogP contribution in [0.2, 0.25) is 0 Å². The van der Waals surface area contributed by atoms with E-state index < -0.39 is 0 Å². The number of thiophene rings is 4. The fourth-order valence-electron chi connectivity index (χ4n) is 6.89. The first-order valence-corrected chi connectivity index (χ1v) is 25.3. The normalized spacial score (nSPS) is 11.4. The molecule has 0 atom stereocenters. The highest BCUT2D eigenvalue weighted by molar-refractivity contribution is 9.11. The van der Waals surface area contributed by atoms with Gasteiger partial charge in [-0.3, -0.25) is 9.59 Å². The fraction of sp³-hybridized carbons (Fsp3) is 0.591. The van der Waals surface area contributed by atoms with E-state index in [0.29, 0.717) is 26.1 Å². The minimum absolute atomic E-state index is 0.0892. The largest absolute Gasteiger partial charge is 0.466 e. The zero-order valence-corrected chi connectivity index (χ0v) is 39.3. The Balaban J connectivity index is 1.70. The number of halogens is 2. The molecule has 0 N–H and O–H groups in total. The zero-order chi connectivity index (χ0) is 38.7. The highest BCUT2D eigenvalue weighted by Crippen LogP contribution is 2.50. The first-order valence-electron chi connectivity index (χ1n) is 20.4. The number of carbonyl (C=O) groups excluding carboxylic acids is 2. The van der Waals surface area contributed by atoms with Crippen LogP contribution in [0, 0.1) is 0 Å². The number of ether oxygens (including phenoxy) is 2. The van der Waals surface area contributed by atoms with E-state index in [-0.39, 0.29) is 11.9 Å². The molecule has 298 valence electrons. The molecule has 4 aromatic rings. The zero-order valence-electron chi connectivity index (χ0n) is 32.9. The molecular weight excluding hydrogens is 881 g/mol. The van der Waals surface area contributed by atoms with Gasteiger partial charge in [0.15, 0.2) is 0 Å². The van der Waals surface area contributed by atoms with Crippen LogP contribution >= 0.6 is 77.2 Å². The maximum atomic E-state index is 12.0. The third-order valence-electron chi connectivity index (χ3n) is 9.69. The quantitative estimate of drug-likeness (QED) is 0.0441. The van der Waals surface area contributed by atoms with Crippen molar-refractivity contribution in [2.75, 3.05) is 13.2 Å². The molecule has 0 aliphatic rings. The van der Waals surface area contributed by atoms with Crippen LogP contribution in [0.1, 0.15) is 153 Å². The number of aryl methyl sites for hydroxylation is 4. The highest BCUT2D eigenvalue weighted by Gasteiger charge is 2.23. The molecule has 0 unspecified atom stereocenters. The lowest BCUT2D eigenvalue weighted by atomic mass is 10.0. The first kappa shape index (κ1) is 45.4. The molecule has 0 aliphatic heterocycles. The number of esters is 2. The minimum Gasteiger partial charge on any atom is -0.466 e. The summed E-state index contributed by atoms with van der Waals surface area (Å²) in [7, 11) is 0. The summed E-state index contributed by atoms with van der Waals surface area (Å²) in [4.78, 5) is 32.5. The third-order valence-corrected chi connectivity index (χ3v) is 15.9. The average molecular weight is 941 g/mol. The van der Waals surface area contributed by atoms with Crippen LogP contribution < -0.4 is 0 Å². The number of hydrogen-bond acceptors (Lipinski definition) is 8. The summed E-state index contributed by atoms with van der Waals surface area (Å²) in [5, 5.41) is 0. The van der Waals surface area contributed by atoms with Gasteiger partial charge in [-0.25, -0.2) is 0 Å². The van der Waals surface area contributed by atoms with Gasteiger partial charge in [0.2, 0.25) is 0 Å². The van der Waals surface area contributed by atoms with Crippen LogP contribution in [-0.4, -0.2) is 25.2 Å². The number of hydrogen-bond donors (Lipinski definition) is 0. The molecule has 0 aliphatic carbocycles. The number of unbranched alkanes of at least 4 members (excludes halogenated alkanes) is 10. The van der Waals surface area contributed by atoms with Crippen molar-refractivity contribution in [2.45, 2.75) is 156 Å². The molecule has 0 saturated heterocycles. The van der Waals surface area contributed by atoms with E-state index in [9.17, 15) is 9.59 Å². The maximum absolute atomic E-state index is 12.0. The predicted molar refractivity (Wildman–Crippen MR) is 243 cm³/mol. The van der Waals surface area contributed by atoms with Gasteiger partial charge >= 0.3 is 11.9 Å². The van der Waals surface area contributed by atoms with E-state index >= 15 is 0 Å². The summed E-state index contributed by atoms with van der Waals surface area (Å²) in [5.74, 6) is -0.178. The van der Waals surface area contributed by atoms with Crippen LogP contribution in [-0.2, 0) is 44.7 Å². The van der Waals surface area contributed by atoms with Crippen molar-refractivity contribution >= 4 is 89.1 Å². The molecule has 10 heteroatoms. The Morgan fingerprint density at radius 1 is 0.463 bits per heavy atom. The van der Waals surface area contributed by atoms with Crippen LogP contribution in [0.3, 0.4) is 0 Å². The second-order valence-corrected chi connectivity index (χ2v) is 21.1. The van der Waals surface area contributed by atoms with Gasteiger partial charge in [0.25, 0.3) is 0 Å². The Kier molecular flexibility index (Phi) is 21.1. The van der Waals surface area contributed by atoms with Gasteiger partial charge in [0.1, 0.15) is 0 Å². The van der Waals surface area contributed by atoms with Gasteiger partial charge in [-0.15, -0.1) is 45.3 Å². The smallest absolute Gasteiger partial charge is 0.305 e. The molecule has 4 rings (SSSR count). The second kappa shape index (κ2) is 25.1. The van der Waals surface area contributed by atoms with E-state index in [1.165, 1.54) is 110 Å². The van der Waals surface area contributed by atoms with Gasteiger partial charge in [-0.2, -0.15) is 0 Å². The summed E-state index contributed by atoms with van der Waals surface area (Å²) in [6, 6.07) is 9.68. The summed E-state index contributed by atoms with van der Waals surface area (Å²) < 4.78 is 12.8. The average Bonchev–Trinajstić information content (AvgIpc) is 3.93. The Labute approximate surface area is 358 Å². The van der Waals surface area contributed by atoms with Crippen molar-refractivity contribution in [3.8, 4) is 29.3 Å². The van der Waals surface area contributed by atoms with Crippen LogP contribution in [0.4, 0.5) is 0 Å². The summed E-state index contributed by atoms with van der Waals surface area (Å²) in [6.07, 6.45) is 21.1. The van der Waals surface area contributed by atoms with Gasteiger partial charge in [0.05, 0.1) is 20.8 Å². The van der Waals surface area contributed by atoms with Crippen molar-refractivity contribution in [1.82, 2.24) is 0 Å². The monoisotopic (exact) mass is 938 g/mol. The SMILES string of the molecule is CCCCCCc1cc(Br)sc1-c1cc(CCCCCC(=O)OCC)c(-c2sc(-c3sc(Br)cc3CCCCCC)cc2CCCCCC(=O)OCC)s1. The van der Waals surface area contributed by atoms with Crippen molar-refractivity contribution in [3.05, 3.63) is 54.1 Å². The Morgan fingerprint density at radius 2 is 0.815 bits per heavy atom. The molecule has 0 saturated carbocycles. The van der Waals surface area contributed by atoms with Crippen molar-refractivity contribution in [1.29, 1.82) is 0 Å². The van der Waals surface area contributed by atoms with Crippen LogP contribution in [0.5, 0.6) is 0 Å². The predicted octanol–water partition coefficient (Wildman–Crippen LogP) is 16.0. The summed E-state index contributed by atoms with van der Waals surface area (Å²) in [5.41, 5.74) is 5.77. The highest BCUT2D eigenvalue weighted by atomic mass is 79.9. The minimum atomic E-state index is -0.0892. The molecular formula is C44H60Br2O4S4. The van der Waals surface area contributed by atoms with Crippen LogP contribution in [0.25, 0.3) is 29.3 Å². The molecule has 0 fully saturated rings. The molecule has 0 aromatic carbocycles. The molecule has 0 radical (unpaired) electrons. The van der Waals surface area contributed by atoms with E-state index in [2.05, 4.69) is 70.0 Å². The molecule has 0 bridgehead atoms. The van der Waals surface area contributed by atoms with E-state index in [1.807, 2.05) is 59.2 Å². The molecule has 0 amide bonds. The second-order valence-electron chi connectivity index (χ2n) is 14.1. The maximum Gasteiger partial charge on any atom is 0.305 e. The van der Waals surface area contributed by atoms with Crippen molar-refractivity contribution in [2.24, 2.45) is 0 Å². The third kappa shape index (κ3) is 14.6. The molecule has 0 spiro atoms. The molecule has 4 aromatic heterocycles. The van der Waals surface area contributed by atoms with E-state index in [1.54, 1.807) is 0 Å². The summed E-state index contributed by atoms with van der Waals surface area (Å²) in [6.45, 7) is 9.18. The Bertz CT molecular complexity index is 1590. The van der Waals surface area contributed by atoms with Gasteiger partial charge < -0.3 is 9.47 Å². The Hall–Kier alpha value is -1.30. The molecule has 54 heavy (non-hydrogen) atoms.